The van der Waals surface area contributed by atoms with Crippen molar-refractivity contribution in [2.45, 2.75) is 175 Å². The smallest absolute Gasteiger partial charge is 0.332 e. The van der Waals surface area contributed by atoms with E-state index in [2.05, 4.69) is 31.9 Å². The summed E-state index contributed by atoms with van der Waals surface area (Å²) in [6.07, 6.45) is 0.323. The molecule has 8 unspecified atom stereocenters. The lowest BCUT2D eigenvalue weighted by molar-refractivity contribution is -0.177. The van der Waals surface area contributed by atoms with Crippen molar-refractivity contribution in [3.8, 4) is 0 Å². The number of nitrogens with zero attached hydrogens (tertiary/aromatic N) is 5. The van der Waals surface area contributed by atoms with Crippen molar-refractivity contribution in [1.82, 2.24) is 40.4 Å². The lowest BCUT2D eigenvalue weighted by atomic mass is 9.94. The SMILES string of the molecule is CCC[C@H]1C(=O)NC(Cc2ccccc2)C(=O)N(C)C(Cc2ccc(Br)cc2)C(=O)N2CCC(C2)C(=O)NC(C(C)CC)C(=O)N(C)[C@@H](C)C(=O)NC(CC(C)C)C(=O)N(C)C(C(C)(C)O)C(=O)OC([C@H](C)CC)C(=O)N1C. The van der Waals surface area contributed by atoms with Gasteiger partial charge in [-0.15, -0.1) is 0 Å². The largest absolute Gasteiger partial charge is 0.450 e. The highest BCUT2D eigenvalue weighted by atomic mass is 79.9. The Morgan fingerprint density at radius 2 is 1.22 bits per heavy atom. The Morgan fingerprint density at radius 3 is 1.78 bits per heavy atom. The highest BCUT2D eigenvalue weighted by Crippen LogP contribution is 2.26. The molecule has 19 nitrogen and oxygen atoms in total. The number of fused-ring (bicyclic) bond motifs is 2. The summed E-state index contributed by atoms with van der Waals surface area (Å²) in [6.45, 7) is 17.0. The van der Waals surface area contributed by atoms with Crippen LogP contribution >= 0.6 is 15.9 Å². The van der Waals surface area contributed by atoms with Crippen molar-refractivity contribution in [1.29, 1.82) is 0 Å². The van der Waals surface area contributed by atoms with Gasteiger partial charge in [-0.05, 0) is 81.5 Å². The average Bonchev–Trinajstić information content (AvgIpc) is 3.91. The summed E-state index contributed by atoms with van der Waals surface area (Å²) in [4.78, 5) is 138. The summed E-state index contributed by atoms with van der Waals surface area (Å²) >= 11 is 3.48. The first-order chi connectivity index (χ1) is 36.6. The predicted octanol–water partition coefficient (Wildman–Crippen LogP) is 4.50. The molecule has 2 aromatic rings. The van der Waals surface area contributed by atoms with E-state index >= 15 is 4.79 Å². The van der Waals surface area contributed by atoms with Crippen LogP contribution in [0.5, 0.6) is 0 Å². The van der Waals surface area contributed by atoms with E-state index in [0.29, 0.717) is 24.8 Å². The summed E-state index contributed by atoms with van der Waals surface area (Å²) in [5.74, 6) is -7.94. The summed E-state index contributed by atoms with van der Waals surface area (Å²) < 4.78 is 6.87. The molecule has 2 bridgehead atoms. The monoisotopic (exact) mass is 1150 g/mol. The number of cyclic esters (lactones) is 1. The number of esters is 1. The predicted molar refractivity (Wildman–Crippen MR) is 300 cm³/mol. The first-order valence-corrected chi connectivity index (χ1v) is 28.3. The molecule has 78 heavy (non-hydrogen) atoms. The average molecular weight is 1150 g/mol. The number of likely N-dealkylation sites (N-methyl/N-ethyl adjacent to an activating group) is 4. The molecular weight excluding hydrogens is 1060 g/mol. The second-order valence-corrected chi connectivity index (χ2v) is 23.4. The number of halogens is 1. The quantitative estimate of drug-likeness (QED) is 0.204. The lowest BCUT2D eigenvalue weighted by Gasteiger charge is -2.39. The molecule has 2 saturated heterocycles. The number of ether oxygens (including phenoxy) is 1. The molecule has 11 atom stereocenters. The number of rotatable bonds is 13. The van der Waals surface area contributed by atoms with Crippen LogP contribution in [0.15, 0.2) is 59.1 Å². The molecule has 2 aliphatic rings. The summed E-state index contributed by atoms with van der Waals surface area (Å²) in [6, 6.07) is 7.63. The number of aliphatic hydroxyl groups is 1. The van der Waals surface area contributed by atoms with Gasteiger partial charge in [0, 0.05) is 64.5 Å². The Labute approximate surface area is 470 Å². The van der Waals surface area contributed by atoms with Gasteiger partial charge in [0.25, 0.3) is 5.91 Å². The zero-order valence-corrected chi connectivity index (χ0v) is 49.9. The fourth-order valence-corrected chi connectivity index (χ4v) is 10.4. The van der Waals surface area contributed by atoms with Gasteiger partial charge in [-0.2, -0.15) is 0 Å². The molecule has 8 amide bonds. The van der Waals surface area contributed by atoms with E-state index in [1.807, 2.05) is 77.1 Å². The van der Waals surface area contributed by atoms with Gasteiger partial charge in [0.2, 0.25) is 41.4 Å². The van der Waals surface area contributed by atoms with Gasteiger partial charge >= 0.3 is 5.97 Å². The third kappa shape index (κ3) is 16.6. The molecule has 2 aromatic carbocycles. The highest BCUT2D eigenvalue weighted by molar-refractivity contribution is 9.10. The van der Waals surface area contributed by atoms with Crippen molar-refractivity contribution in [2.24, 2.45) is 23.7 Å². The molecular formula is C58H87BrN8O11. The van der Waals surface area contributed by atoms with E-state index in [1.54, 1.807) is 30.9 Å². The van der Waals surface area contributed by atoms with Crippen molar-refractivity contribution < 1.29 is 53.0 Å². The molecule has 20 heteroatoms. The Bertz CT molecular complexity index is 2420. The zero-order chi connectivity index (χ0) is 58.5. The summed E-state index contributed by atoms with van der Waals surface area (Å²) in [7, 11) is 5.66. The molecule has 432 valence electrons. The second-order valence-electron chi connectivity index (χ2n) is 22.5. The van der Waals surface area contributed by atoms with Gasteiger partial charge in [0.1, 0.15) is 36.3 Å². The first-order valence-electron chi connectivity index (χ1n) is 27.6. The topological polar surface area (TPSA) is 235 Å². The van der Waals surface area contributed by atoms with Crippen LogP contribution in [0.2, 0.25) is 0 Å². The van der Waals surface area contributed by atoms with E-state index in [4.69, 9.17) is 4.74 Å². The highest BCUT2D eigenvalue weighted by Gasteiger charge is 2.47. The van der Waals surface area contributed by atoms with E-state index in [1.165, 1.54) is 63.7 Å². The van der Waals surface area contributed by atoms with Gasteiger partial charge in [0.15, 0.2) is 12.1 Å². The van der Waals surface area contributed by atoms with Crippen LogP contribution in [0, 0.1) is 23.7 Å². The first kappa shape index (κ1) is 64.6. The molecule has 2 fully saturated rings. The molecule has 2 heterocycles. The zero-order valence-electron chi connectivity index (χ0n) is 48.3. The number of carbonyl (C=O) groups excluding carboxylic acids is 9. The van der Waals surface area contributed by atoms with Gasteiger partial charge in [-0.25, -0.2) is 4.79 Å². The maximum absolute atomic E-state index is 15.2. The molecule has 4 N–H and O–H groups in total. The molecule has 0 aliphatic carbocycles. The number of carbonyl (C=O) groups is 9. The van der Waals surface area contributed by atoms with Crippen LogP contribution in [-0.2, 0) is 60.7 Å². The minimum absolute atomic E-state index is 0.0101. The normalized spacial score (nSPS) is 26.6. The number of benzene rings is 2. The minimum atomic E-state index is -1.96. The lowest BCUT2D eigenvalue weighted by Crippen LogP contribution is -2.62. The Hall–Kier alpha value is -5.89. The Balaban J connectivity index is 1.90. The molecule has 0 saturated carbocycles. The number of hydrogen-bond donors (Lipinski definition) is 4. The van der Waals surface area contributed by atoms with Gasteiger partial charge in [-0.1, -0.05) is 120 Å². The Morgan fingerprint density at radius 1 is 0.654 bits per heavy atom. The molecule has 2 aliphatic heterocycles. The van der Waals surface area contributed by atoms with Crippen LogP contribution < -0.4 is 16.0 Å². The van der Waals surface area contributed by atoms with Crippen LogP contribution in [0.4, 0.5) is 0 Å². The molecule has 0 aromatic heterocycles. The van der Waals surface area contributed by atoms with E-state index in [-0.39, 0.29) is 51.1 Å². The van der Waals surface area contributed by atoms with Crippen LogP contribution in [0.3, 0.4) is 0 Å². The molecule has 0 radical (unpaired) electrons. The Kier molecular flexibility index (Phi) is 23.9. The van der Waals surface area contributed by atoms with Crippen LogP contribution in [0.25, 0.3) is 0 Å². The van der Waals surface area contributed by atoms with Crippen molar-refractivity contribution >= 4 is 69.2 Å². The number of amides is 8. The van der Waals surface area contributed by atoms with Crippen molar-refractivity contribution in [3.63, 3.8) is 0 Å². The van der Waals surface area contributed by atoms with Gasteiger partial charge in [-0.3, -0.25) is 38.4 Å². The van der Waals surface area contributed by atoms with Crippen molar-refractivity contribution in [3.05, 3.63) is 70.2 Å². The molecule has 4 rings (SSSR count). The molecule has 0 spiro atoms. The van der Waals surface area contributed by atoms with Crippen LogP contribution in [0.1, 0.15) is 119 Å². The minimum Gasteiger partial charge on any atom is -0.450 e. The standard InChI is InChI=1S/C58H87BrN8O11/c1-15-21-44-51(70)61-43(31-38-22-19-18-20-23-38)52(71)65(13)45(32-39-24-26-41(59)27-25-39)54(73)67-29-28-40(33-67)50(69)62-46(35(6)16-2)55(74)63(11)37(8)49(68)60-42(30-34(4)5)53(72)66(14)48(58(9,10)77)57(76)78-47(36(7)17-3)56(75)64(44)12/h18-20,22-27,34-37,40,42-48,77H,15-17,21,28-33H2,1-14H3,(H,60,68)(H,61,70)(H,62,69)/t35?,36-,37+,40?,42?,43?,44+,45?,46?,47?,48?/m1/s1. The van der Waals surface area contributed by atoms with Crippen molar-refractivity contribution in [2.75, 3.05) is 41.3 Å². The number of hydrogen-bond acceptors (Lipinski definition) is 11. The fraction of sp³-hybridized carbons (Fsp3) is 0.638. The van der Waals surface area contributed by atoms with E-state index < -0.39 is 125 Å². The second kappa shape index (κ2) is 28.8. The van der Waals surface area contributed by atoms with Gasteiger partial charge < -0.3 is 50.3 Å². The summed E-state index contributed by atoms with van der Waals surface area (Å²) in [5.41, 5.74) is -0.518. The third-order valence-corrected chi connectivity index (χ3v) is 16.1. The number of nitrogens with one attached hydrogen (secondary N) is 3. The van der Waals surface area contributed by atoms with Gasteiger partial charge in [0.05, 0.1) is 11.5 Å². The summed E-state index contributed by atoms with van der Waals surface area (Å²) in [5, 5.41) is 20.3. The van der Waals surface area contributed by atoms with E-state index in [9.17, 15) is 43.5 Å². The fourth-order valence-electron chi connectivity index (χ4n) is 10.1. The van der Waals surface area contributed by atoms with E-state index in [0.717, 1.165) is 14.9 Å². The maximum Gasteiger partial charge on any atom is 0.332 e. The van der Waals surface area contributed by atoms with Crippen LogP contribution in [-0.4, -0.2) is 178 Å². The third-order valence-electron chi connectivity index (χ3n) is 15.6. The maximum atomic E-state index is 15.2.